The number of fused-ring (bicyclic) bond motifs is 1. The lowest BCUT2D eigenvalue weighted by Gasteiger charge is -2.22. The third kappa shape index (κ3) is 4.13. The van der Waals surface area contributed by atoms with Crippen molar-refractivity contribution < 1.29 is 17.6 Å². The number of furan rings is 1. The predicted molar refractivity (Wildman–Crippen MR) is 126 cm³/mol. The van der Waals surface area contributed by atoms with E-state index in [0.29, 0.717) is 29.4 Å². The van der Waals surface area contributed by atoms with Crippen LogP contribution >= 0.6 is 0 Å². The van der Waals surface area contributed by atoms with E-state index < -0.39 is 10.0 Å². The third-order valence-corrected chi connectivity index (χ3v) is 7.08. The van der Waals surface area contributed by atoms with Crippen molar-refractivity contribution in [2.24, 2.45) is 0 Å². The number of rotatable bonds is 8. The number of nitrogens with one attached hydrogen (secondary N) is 1. The summed E-state index contributed by atoms with van der Waals surface area (Å²) in [7, 11) is -2.11. The van der Waals surface area contributed by atoms with Crippen LogP contribution < -0.4 is 14.4 Å². The van der Waals surface area contributed by atoms with Gasteiger partial charge in [-0.1, -0.05) is 30.3 Å². The van der Waals surface area contributed by atoms with Gasteiger partial charge in [-0.05, 0) is 50.2 Å². The number of aromatic nitrogens is 1. The molecule has 1 N–H and O–H groups in total. The summed E-state index contributed by atoms with van der Waals surface area (Å²) >= 11 is 0. The first kappa shape index (κ1) is 21.7. The Labute approximate surface area is 187 Å². The fourth-order valence-corrected chi connectivity index (χ4v) is 4.97. The average molecular weight is 452 g/mol. The number of hydrogen-bond acceptors (Lipinski definition) is 6. The summed E-state index contributed by atoms with van der Waals surface area (Å²) in [5.41, 5.74) is 1.31. The van der Waals surface area contributed by atoms with E-state index in [9.17, 15) is 8.42 Å². The average Bonchev–Trinajstić information content (AvgIpc) is 3.25. The van der Waals surface area contributed by atoms with Gasteiger partial charge in [0.1, 0.15) is 16.5 Å². The highest BCUT2D eigenvalue weighted by Crippen LogP contribution is 2.32. The van der Waals surface area contributed by atoms with E-state index in [2.05, 4.69) is 10.3 Å². The number of ether oxygens (including phenoxy) is 1. The first-order chi connectivity index (χ1) is 15.4. The standard InChI is InChI=1S/C24H25N3O4S/c1-4-27(19-10-6-5-7-11-19)32(28,29)20-13-14-23(25-16-20)26-17(2)22-15-18-9-8-12-21(30-3)24(18)31-22/h5-17H,4H2,1-3H3,(H,25,26). The van der Waals surface area contributed by atoms with Crippen molar-refractivity contribution in [1.82, 2.24) is 4.98 Å². The molecule has 0 spiro atoms. The second kappa shape index (κ2) is 8.92. The van der Waals surface area contributed by atoms with Crippen molar-refractivity contribution in [2.45, 2.75) is 24.8 Å². The monoisotopic (exact) mass is 451 g/mol. The van der Waals surface area contributed by atoms with Gasteiger partial charge in [0.15, 0.2) is 11.3 Å². The highest BCUT2D eigenvalue weighted by atomic mass is 32.2. The van der Waals surface area contributed by atoms with Crippen LogP contribution in [0.4, 0.5) is 11.5 Å². The molecule has 32 heavy (non-hydrogen) atoms. The molecule has 7 nitrogen and oxygen atoms in total. The predicted octanol–water partition coefficient (Wildman–Crippen LogP) is 5.22. The van der Waals surface area contributed by atoms with E-state index in [-0.39, 0.29) is 10.9 Å². The summed E-state index contributed by atoms with van der Waals surface area (Å²) in [5.74, 6) is 1.95. The minimum Gasteiger partial charge on any atom is -0.493 e. The first-order valence-corrected chi connectivity index (χ1v) is 11.7. The van der Waals surface area contributed by atoms with Gasteiger partial charge in [0.05, 0.1) is 18.8 Å². The molecule has 0 radical (unpaired) electrons. The van der Waals surface area contributed by atoms with E-state index in [1.54, 1.807) is 38.3 Å². The molecule has 0 aliphatic rings. The van der Waals surface area contributed by atoms with Crippen LogP contribution in [0.15, 0.2) is 82.2 Å². The van der Waals surface area contributed by atoms with E-state index in [0.717, 1.165) is 11.1 Å². The van der Waals surface area contributed by atoms with Crippen LogP contribution in [-0.4, -0.2) is 27.1 Å². The normalized spacial score (nSPS) is 12.5. The molecular formula is C24H25N3O4S. The van der Waals surface area contributed by atoms with Crippen molar-refractivity contribution in [3.05, 3.63) is 78.7 Å². The summed E-state index contributed by atoms with van der Waals surface area (Å²) < 4.78 is 38.9. The molecule has 1 unspecified atom stereocenters. The van der Waals surface area contributed by atoms with Crippen molar-refractivity contribution >= 4 is 32.5 Å². The van der Waals surface area contributed by atoms with Gasteiger partial charge in [-0.25, -0.2) is 13.4 Å². The molecule has 2 aromatic heterocycles. The maximum atomic E-state index is 13.1. The van der Waals surface area contributed by atoms with Gasteiger partial charge < -0.3 is 14.5 Å². The lowest BCUT2D eigenvalue weighted by Crippen LogP contribution is -2.30. The Morgan fingerprint density at radius 3 is 2.53 bits per heavy atom. The van der Waals surface area contributed by atoms with Crippen LogP contribution in [0.25, 0.3) is 11.0 Å². The van der Waals surface area contributed by atoms with Crippen molar-refractivity contribution in [1.29, 1.82) is 0 Å². The maximum Gasteiger partial charge on any atom is 0.265 e. The van der Waals surface area contributed by atoms with Gasteiger partial charge in [-0.3, -0.25) is 4.31 Å². The highest BCUT2D eigenvalue weighted by Gasteiger charge is 2.24. The van der Waals surface area contributed by atoms with Crippen molar-refractivity contribution in [3.8, 4) is 5.75 Å². The van der Waals surface area contributed by atoms with E-state index in [1.807, 2.05) is 49.4 Å². The Morgan fingerprint density at radius 2 is 1.88 bits per heavy atom. The van der Waals surface area contributed by atoms with E-state index in [1.165, 1.54) is 10.5 Å². The second-order valence-corrected chi connectivity index (χ2v) is 9.14. The zero-order valence-electron chi connectivity index (χ0n) is 18.1. The number of methoxy groups -OCH3 is 1. The second-order valence-electron chi connectivity index (χ2n) is 7.28. The third-order valence-electron chi connectivity index (χ3n) is 5.19. The molecule has 0 fully saturated rings. The molecule has 0 saturated heterocycles. The number of nitrogens with zero attached hydrogens (tertiary/aromatic N) is 2. The van der Waals surface area contributed by atoms with Crippen molar-refractivity contribution in [2.75, 3.05) is 23.3 Å². The number of para-hydroxylation sites is 2. The van der Waals surface area contributed by atoms with Gasteiger partial charge >= 0.3 is 0 Å². The molecule has 4 aromatic rings. The molecular weight excluding hydrogens is 426 g/mol. The van der Waals surface area contributed by atoms with Gasteiger partial charge in [-0.15, -0.1) is 0 Å². The molecule has 0 bridgehead atoms. The molecule has 0 aliphatic heterocycles. The molecule has 1 atom stereocenters. The summed E-state index contributed by atoms with van der Waals surface area (Å²) in [6.07, 6.45) is 1.37. The number of benzene rings is 2. The molecule has 0 amide bonds. The minimum absolute atomic E-state index is 0.134. The topological polar surface area (TPSA) is 84.7 Å². The van der Waals surface area contributed by atoms with E-state index in [4.69, 9.17) is 9.15 Å². The van der Waals surface area contributed by atoms with Crippen LogP contribution in [0.3, 0.4) is 0 Å². The lowest BCUT2D eigenvalue weighted by molar-refractivity contribution is 0.406. The Kier molecular flexibility index (Phi) is 6.05. The molecule has 2 aromatic carbocycles. The van der Waals surface area contributed by atoms with Crippen LogP contribution in [-0.2, 0) is 10.0 Å². The zero-order valence-corrected chi connectivity index (χ0v) is 19.0. The van der Waals surface area contributed by atoms with Crippen molar-refractivity contribution in [3.63, 3.8) is 0 Å². The molecule has 0 aliphatic carbocycles. The number of sulfonamides is 1. The number of pyridine rings is 1. The molecule has 0 saturated carbocycles. The number of hydrogen-bond donors (Lipinski definition) is 1. The first-order valence-electron chi connectivity index (χ1n) is 10.3. The Hall–Kier alpha value is -3.52. The Bertz CT molecular complexity index is 1300. The Morgan fingerprint density at radius 1 is 1.09 bits per heavy atom. The molecule has 2 heterocycles. The SMILES string of the molecule is CCN(c1ccccc1)S(=O)(=O)c1ccc(NC(C)c2cc3cccc(OC)c3o2)nc1. The fourth-order valence-electron chi connectivity index (χ4n) is 3.55. The molecule has 166 valence electrons. The van der Waals surface area contributed by atoms with Gasteiger partial charge in [0.25, 0.3) is 10.0 Å². The van der Waals surface area contributed by atoms with Gasteiger partial charge in [-0.2, -0.15) is 0 Å². The van der Waals surface area contributed by atoms with Gasteiger partial charge in [0.2, 0.25) is 0 Å². The quantitative estimate of drug-likeness (QED) is 0.395. The van der Waals surface area contributed by atoms with Crippen LogP contribution in [0.5, 0.6) is 5.75 Å². The summed E-state index contributed by atoms with van der Waals surface area (Å²) in [6, 6.07) is 19.7. The molecule has 8 heteroatoms. The maximum absolute atomic E-state index is 13.1. The lowest BCUT2D eigenvalue weighted by atomic mass is 10.2. The highest BCUT2D eigenvalue weighted by molar-refractivity contribution is 7.92. The number of anilines is 2. The summed E-state index contributed by atoms with van der Waals surface area (Å²) in [5, 5.41) is 4.20. The summed E-state index contributed by atoms with van der Waals surface area (Å²) in [4.78, 5) is 4.46. The smallest absolute Gasteiger partial charge is 0.265 e. The largest absolute Gasteiger partial charge is 0.493 e. The summed E-state index contributed by atoms with van der Waals surface area (Å²) in [6.45, 7) is 4.07. The fraction of sp³-hybridized carbons (Fsp3) is 0.208. The van der Waals surface area contributed by atoms with Crippen LogP contribution in [0.2, 0.25) is 0 Å². The minimum atomic E-state index is -3.72. The molecule has 4 rings (SSSR count). The zero-order chi connectivity index (χ0) is 22.7. The van der Waals surface area contributed by atoms with Crippen LogP contribution in [0.1, 0.15) is 25.6 Å². The Balaban J connectivity index is 1.53. The van der Waals surface area contributed by atoms with Crippen LogP contribution in [0, 0.1) is 0 Å². The van der Waals surface area contributed by atoms with E-state index >= 15 is 0 Å². The van der Waals surface area contributed by atoms with Gasteiger partial charge in [0, 0.05) is 18.1 Å².